The highest BCUT2D eigenvalue weighted by Gasteiger charge is 2.36. The Morgan fingerprint density at radius 2 is 1.63 bits per heavy atom. The van der Waals surface area contributed by atoms with Gasteiger partial charge in [0.15, 0.2) is 14.1 Å². The average molecular weight is 282 g/mol. The topological polar surface area (TPSA) is 26.3 Å². The van der Waals surface area contributed by atoms with Crippen LogP contribution in [0, 0.1) is 11.2 Å². The van der Waals surface area contributed by atoms with Crippen molar-refractivity contribution in [1.82, 2.24) is 0 Å². The van der Waals surface area contributed by atoms with Crippen LogP contribution in [-0.4, -0.2) is 20.2 Å². The van der Waals surface area contributed by atoms with Crippen molar-refractivity contribution in [2.45, 2.75) is 46.5 Å². The summed E-state index contributed by atoms with van der Waals surface area (Å²) in [7, 11) is -1.83. The van der Waals surface area contributed by atoms with Crippen molar-refractivity contribution in [1.29, 1.82) is 0 Å². The molecule has 0 fully saturated rings. The minimum atomic E-state index is -1.83. The molecule has 0 N–H and O–H groups in total. The molecule has 0 saturated heterocycles. The number of hydrogen-bond acceptors (Lipinski definition) is 2. The third kappa shape index (κ3) is 4.88. The van der Waals surface area contributed by atoms with Crippen molar-refractivity contribution >= 4 is 14.1 Å². The molecule has 0 aromatic heterocycles. The quantitative estimate of drug-likeness (QED) is 0.609. The summed E-state index contributed by atoms with van der Waals surface area (Å²) in [6.07, 6.45) is -0.496. The summed E-state index contributed by atoms with van der Waals surface area (Å²) in [4.78, 5) is 12.6. The van der Waals surface area contributed by atoms with Crippen LogP contribution in [0.1, 0.15) is 31.1 Å². The van der Waals surface area contributed by atoms with Crippen molar-refractivity contribution < 1.29 is 13.6 Å². The molecule has 2 nitrogen and oxygen atoms in total. The van der Waals surface area contributed by atoms with Gasteiger partial charge in [0.05, 0.1) is 0 Å². The molecule has 1 rings (SSSR count). The third-order valence-corrected chi connectivity index (χ3v) is 3.57. The van der Waals surface area contributed by atoms with Gasteiger partial charge in [-0.1, -0.05) is 20.8 Å². The zero-order chi connectivity index (χ0) is 14.8. The molecule has 0 aliphatic carbocycles. The van der Waals surface area contributed by atoms with E-state index < -0.39 is 14.4 Å². The Kier molecular flexibility index (Phi) is 4.69. The Bertz CT molecular complexity index is 441. The molecule has 1 aromatic rings. The zero-order valence-corrected chi connectivity index (χ0v) is 13.6. The van der Waals surface area contributed by atoms with Crippen LogP contribution in [0.3, 0.4) is 0 Å². The molecular formula is C15H23FO2Si. The minimum Gasteiger partial charge on any atom is -0.407 e. The van der Waals surface area contributed by atoms with Gasteiger partial charge >= 0.3 is 0 Å². The van der Waals surface area contributed by atoms with Crippen LogP contribution < -0.4 is 0 Å². The van der Waals surface area contributed by atoms with Gasteiger partial charge < -0.3 is 4.43 Å². The maximum Gasteiger partial charge on any atom is 0.190 e. The fourth-order valence-electron chi connectivity index (χ4n) is 1.74. The van der Waals surface area contributed by atoms with Crippen molar-refractivity contribution in [2.24, 2.45) is 5.41 Å². The van der Waals surface area contributed by atoms with E-state index in [1.165, 1.54) is 24.3 Å². The van der Waals surface area contributed by atoms with Gasteiger partial charge in [-0.25, -0.2) is 4.39 Å². The SMILES string of the molecule is CC(C)(C)C(O[Si](C)(C)C)C(=O)c1ccc(F)cc1. The summed E-state index contributed by atoms with van der Waals surface area (Å²) < 4.78 is 19.0. The van der Waals surface area contributed by atoms with E-state index in [4.69, 9.17) is 4.43 Å². The van der Waals surface area contributed by atoms with Crippen LogP contribution in [0.5, 0.6) is 0 Å². The standard InChI is InChI=1S/C15H23FO2Si/c1-15(2,3)14(18-19(4,5)6)13(17)11-7-9-12(16)10-8-11/h7-10,14H,1-6H3. The zero-order valence-electron chi connectivity index (χ0n) is 12.6. The first kappa shape index (κ1) is 16.1. The van der Waals surface area contributed by atoms with Gasteiger partial charge in [0.25, 0.3) is 0 Å². The van der Waals surface area contributed by atoms with E-state index in [1.54, 1.807) is 0 Å². The minimum absolute atomic E-state index is 0.0741. The molecule has 0 heterocycles. The van der Waals surface area contributed by atoms with Gasteiger partial charge in [-0.2, -0.15) is 0 Å². The molecule has 19 heavy (non-hydrogen) atoms. The fourth-order valence-corrected chi connectivity index (χ4v) is 2.91. The van der Waals surface area contributed by atoms with Gasteiger partial charge in [0, 0.05) is 5.56 Å². The summed E-state index contributed by atoms with van der Waals surface area (Å²) in [5, 5.41) is 0. The van der Waals surface area contributed by atoms with Crippen LogP contribution in [-0.2, 0) is 4.43 Å². The molecule has 0 spiro atoms. The normalized spacial score (nSPS) is 14.3. The van der Waals surface area contributed by atoms with E-state index in [9.17, 15) is 9.18 Å². The molecule has 0 aliphatic heterocycles. The predicted molar refractivity (Wildman–Crippen MR) is 78.4 cm³/mol. The van der Waals surface area contributed by atoms with Gasteiger partial charge in [0.2, 0.25) is 0 Å². The van der Waals surface area contributed by atoms with E-state index in [-0.39, 0.29) is 17.0 Å². The Labute approximate surface area is 116 Å². The van der Waals surface area contributed by atoms with Crippen molar-refractivity contribution in [2.75, 3.05) is 0 Å². The second kappa shape index (κ2) is 5.55. The van der Waals surface area contributed by atoms with Crippen LogP contribution in [0.2, 0.25) is 19.6 Å². The Balaban J connectivity index is 3.05. The number of rotatable bonds is 4. The van der Waals surface area contributed by atoms with Crippen LogP contribution in [0.15, 0.2) is 24.3 Å². The van der Waals surface area contributed by atoms with Crippen molar-refractivity contribution in [3.8, 4) is 0 Å². The maximum atomic E-state index is 12.9. The Morgan fingerprint density at radius 1 is 1.16 bits per heavy atom. The van der Waals surface area contributed by atoms with Crippen LogP contribution in [0.4, 0.5) is 4.39 Å². The van der Waals surface area contributed by atoms with Gasteiger partial charge in [-0.05, 0) is 49.3 Å². The molecule has 0 radical (unpaired) electrons. The Morgan fingerprint density at radius 3 is 2.00 bits per heavy atom. The van der Waals surface area contributed by atoms with Gasteiger partial charge in [-0.15, -0.1) is 0 Å². The van der Waals surface area contributed by atoms with E-state index in [0.29, 0.717) is 5.56 Å². The first-order valence-electron chi connectivity index (χ1n) is 6.48. The highest BCUT2D eigenvalue weighted by atomic mass is 28.4. The van der Waals surface area contributed by atoms with Gasteiger partial charge in [0.1, 0.15) is 11.9 Å². The lowest BCUT2D eigenvalue weighted by Crippen LogP contribution is -2.44. The Hall–Kier alpha value is -1.00. The highest BCUT2D eigenvalue weighted by Crippen LogP contribution is 2.28. The number of carbonyl (C=O) groups excluding carboxylic acids is 1. The molecule has 4 heteroatoms. The molecule has 0 aliphatic rings. The second-order valence-corrected chi connectivity index (χ2v) is 11.3. The fraction of sp³-hybridized carbons (Fsp3) is 0.533. The number of ketones is 1. The summed E-state index contributed by atoms with van der Waals surface area (Å²) in [6, 6.07) is 5.65. The molecule has 0 amide bonds. The van der Waals surface area contributed by atoms with Gasteiger partial charge in [-0.3, -0.25) is 4.79 Å². The summed E-state index contributed by atoms with van der Waals surface area (Å²) in [5.41, 5.74) is 0.214. The van der Waals surface area contributed by atoms with Crippen LogP contribution in [0.25, 0.3) is 0 Å². The lowest BCUT2D eigenvalue weighted by Gasteiger charge is -2.34. The van der Waals surface area contributed by atoms with E-state index >= 15 is 0 Å². The number of hydrogen-bond donors (Lipinski definition) is 0. The smallest absolute Gasteiger partial charge is 0.190 e. The molecule has 106 valence electrons. The molecule has 1 unspecified atom stereocenters. The third-order valence-electron chi connectivity index (χ3n) is 2.62. The lowest BCUT2D eigenvalue weighted by atomic mass is 9.84. The molecule has 0 saturated carbocycles. The average Bonchev–Trinajstić information content (AvgIpc) is 2.23. The second-order valence-electron chi connectivity index (χ2n) is 6.85. The van der Waals surface area contributed by atoms with E-state index in [2.05, 4.69) is 19.6 Å². The molecule has 1 atom stereocenters. The molecular weight excluding hydrogens is 259 g/mol. The van der Waals surface area contributed by atoms with E-state index in [1.807, 2.05) is 20.8 Å². The summed E-state index contributed by atoms with van der Waals surface area (Å²) in [5.74, 6) is -0.412. The molecule has 1 aromatic carbocycles. The summed E-state index contributed by atoms with van der Waals surface area (Å²) in [6.45, 7) is 12.1. The number of carbonyl (C=O) groups is 1. The summed E-state index contributed by atoms with van der Waals surface area (Å²) >= 11 is 0. The number of Topliss-reactive ketones (excluding diaryl/α,β-unsaturated/α-hetero) is 1. The predicted octanol–water partition coefficient (Wildman–Crippen LogP) is 4.27. The number of halogens is 1. The highest BCUT2D eigenvalue weighted by molar-refractivity contribution is 6.70. The first-order valence-corrected chi connectivity index (χ1v) is 9.89. The number of benzene rings is 1. The monoisotopic (exact) mass is 282 g/mol. The van der Waals surface area contributed by atoms with Crippen molar-refractivity contribution in [3.05, 3.63) is 35.6 Å². The molecule has 0 bridgehead atoms. The van der Waals surface area contributed by atoms with Crippen LogP contribution >= 0.6 is 0 Å². The van der Waals surface area contributed by atoms with Crippen molar-refractivity contribution in [3.63, 3.8) is 0 Å². The maximum absolute atomic E-state index is 12.9. The lowest BCUT2D eigenvalue weighted by molar-refractivity contribution is 0.0514. The largest absolute Gasteiger partial charge is 0.407 e. The first-order chi connectivity index (χ1) is 8.50. The van der Waals surface area contributed by atoms with E-state index in [0.717, 1.165) is 0 Å².